The SMILES string of the molecule is Cc1c(C)c(-c2cccc3c2Cc2ccccc2-3)c2c(c1C)-c1c(cccc1C(=O)O)C2. The number of carboxylic acids is 1. The van der Waals surface area contributed by atoms with Gasteiger partial charge in [0.05, 0.1) is 5.56 Å². The van der Waals surface area contributed by atoms with Gasteiger partial charge in [-0.15, -0.1) is 0 Å². The van der Waals surface area contributed by atoms with Crippen molar-refractivity contribution in [2.75, 3.05) is 0 Å². The lowest BCUT2D eigenvalue weighted by atomic mass is 9.82. The van der Waals surface area contributed by atoms with Crippen molar-refractivity contribution in [2.45, 2.75) is 33.6 Å². The number of carbonyl (C=O) groups is 1. The molecule has 0 saturated heterocycles. The van der Waals surface area contributed by atoms with Gasteiger partial charge in [-0.05, 0) is 106 Å². The Morgan fingerprint density at radius 1 is 0.625 bits per heavy atom. The smallest absolute Gasteiger partial charge is 0.336 e. The molecule has 156 valence electrons. The van der Waals surface area contributed by atoms with Crippen LogP contribution >= 0.6 is 0 Å². The number of aromatic carboxylic acids is 1. The van der Waals surface area contributed by atoms with E-state index in [2.05, 4.69) is 69.3 Å². The molecule has 4 aromatic rings. The summed E-state index contributed by atoms with van der Waals surface area (Å²) < 4.78 is 0. The Hall–Kier alpha value is -3.65. The zero-order valence-corrected chi connectivity index (χ0v) is 18.5. The van der Waals surface area contributed by atoms with Crippen LogP contribution in [0.5, 0.6) is 0 Å². The number of carboxylic acid groups (broad SMARTS) is 1. The third kappa shape index (κ3) is 2.44. The first-order valence-corrected chi connectivity index (χ1v) is 11.2. The van der Waals surface area contributed by atoms with Gasteiger partial charge in [0.1, 0.15) is 0 Å². The number of rotatable bonds is 2. The van der Waals surface area contributed by atoms with Crippen molar-refractivity contribution in [1.82, 2.24) is 0 Å². The fourth-order valence-electron chi connectivity index (χ4n) is 5.92. The van der Waals surface area contributed by atoms with Crippen molar-refractivity contribution >= 4 is 5.97 Å². The van der Waals surface area contributed by atoms with Gasteiger partial charge in [0.2, 0.25) is 0 Å². The fraction of sp³-hybridized carbons (Fsp3) is 0.167. The van der Waals surface area contributed by atoms with E-state index in [1.807, 2.05) is 6.07 Å². The number of hydrogen-bond acceptors (Lipinski definition) is 1. The minimum Gasteiger partial charge on any atom is -0.478 e. The van der Waals surface area contributed by atoms with Gasteiger partial charge in [-0.25, -0.2) is 4.79 Å². The van der Waals surface area contributed by atoms with Crippen LogP contribution in [0.15, 0.2) is 60.7 Å². The van der Waals surface area contributed by atoms with E-state index in [-0.39, 0.29) is 0 Å². The highest BCUT2D eigenvalue weighted by atomic mass is 16.4. The van der Waals surface area contributed by atoms with E-state index < -0.39 is 5.97 Å². The van der Waals surface area contributed by atoms with Gasteiger partial charge in [-0.3, -0.25) is 0 Å². The molecule has 32 heavy (non-hydrogen) atoms. The van der Waals surface area contributed by atoms with Gasteiger partial charge in [0.15, 0.2) is 0 Å². The lowest BCUT2D eigenvalue weighted by molar-refractivity contribution is 0.0697. The standard InChI is InChI=1S/C30H24O2/c1-16-17(2)27(23-12-7-11-22-21-10-5-4-8-19(21)14-25(22)23)26-15-20-9-6-13-24(30(31)32)29(20)28(26)18(16)3/h4-13H,14-15H2,1-3H3,(H,31,32). The zero-order chi connectivity index (χ0) is 22.1. The van der Waals surface area contributed by atoms with Crippen LogP contribution < -0.4 is 0 Å². The molecule has 2 aliphatic rings. The van der Waals surface area contributed by atoms with Crippen molar-refractivity contribution in [3.8, 4) is 33.4 Å². The molecule has 0 aromatic heterocycles. The summed E-state index contributed by atoms with van der Waals surface area (Å²) in [5.41, 5.74) is 16.6. The van der Waals surface area contributed by atoms with Crippen molar-refractivity contribution < 1.29 is 9.90 Å². The van der Waals surface area contributed by atoms with Gasteiger partial charge in [0.25, 0.3) is 0 Å². The molecule has 0 fully saturated rings. The molecular weight excluding hydrogens is 392 g/mol. The highest BCUT2D eigenvalue weighted by Gasteiger charge is 2.31. The average molecular weight is 417 g/mol. The lowest BCUT2D eigenvalue weighted by Crippen LogP contribution is -2.03. The second-order valence-corrected chi connectivity index (χ2v) is 9.09. The van der Waals surface area contributed by atoms with E-state index in [1.165, 1.54) is 55.6 Å². The van der Waals surface area contributed by atoms with Crippen molar-refractivity contribution in [3.05, 3.63) is 105 Å². The monoisotopic (exact) mass is 416 g/mol. The summed E-state index contributed by atoms with van der Waals surface area (Å²) in [6.45, 7) is 6.54. The minimum absolute atomic E-state index is 0.407. The van der Waals surface area contributed by atoms with Crippen LogP contribution in [0.4, 0.5) is 0 Å². The average Bonchev–Trinajstić information content (AvgIpc) is 3.36. The maximum atomic E-state index is 12.1. The fourth-order valence-corrected chi connectivity index (χ4v) is 5.92. The Morgan fingerprint density at radius 3 is 2.06 bits per heavy atom. The molecule has 6 rings (SSSR count). The topological polar surface area (TPSA) is 37.3 Å². The summed E-state index contributed by atoms with van der Waals surface area (Å²) in [5.74, 6) is -0.857. The maximum Gasteiger partial charge on any atom is 0.336 e. The molecule has 2 nitrogen and oxygen atoms in total. The second-order valence-electron chi connectivity index (χ2n) is 9.09. The van der Waals surface area contributed by atoms with Crippen LogP contribution in [-0.4, -0.2) is 11.1 Å². The van der Waals surface area contributed by atoms with Crippen LogP contribution in [0.3, 0.4) is 0 Å². The quantitative estimate of drug-likeness (QED) is 0.326. The summed E-state index contributed by atoms with van der Waals surface area (Å²) >= 11 is 0. The predicted octanol–water partition coefficient (Wildman–Crippen LogP) is 7.12. The number of fused-ring (bicyclic) bond motifs is 6. The van der Waals surface area contributed by atoms with E-state index in [9.17, 15) is 9.90 Å². The summed E-state index contributed by atoms with van der Waals surface area (Å²) in [4.78, 5) is 12.1. The molecule has 0 radical (unpaired) electrons. The predicted molar refractivity (Wildman–Crippen MR) is 130 cm³/mol. The Bertz CT molecular complexity index is 1470. The molecule has 4 aromatic carbocycles. The number of hydrogen-bond donors (Lipinski definition) is 1. The second kappa shape index (κ2) is 6.67. The van der Waals surface area contributed by atoms with E-state index in [0.717, 1.165) is 29.5 Å². The first-order chi connectivity index (χ1) is 15.5. The highest BCUT2D eigenvalue weighted by Crippen LogP contribution is 2.50. The molecule has 0 aliphatic heterocycles. The third-order valence-corrected chi connectivity index (χ3v) is 7.60. The molecule has 0 bridgehead atoms. The Balaban J connectivity index is 1.67. The zero-order valence-electron chi connectivity index (χ0n) is 18.5. The molecule has 2 heteroatoms. The number of benzene rings is 4. The lowest BCUT2D eigenvalue weighted by Gasteiger charge is -2.21. The Morgan fingerprint density at radius 2 is 1.25 bits per heavy atom. The van der Waals surface area contributed by atoms with E-state index in [4.69, 9.17) is 0 Å². The summed E-state index contributed by atoms with van der Waals surface area (Å²) in [6.07, 6.45) is 1.72. The van der Waals surface area contributed by atoms with Gasteiger partial charge in [-0.2, -0.15) is 0 Å². The molecule has 2 aliphatic carbocycles. The molecule has 0 spiro atoms. The van der Waals surface area contributed by atoms with Crippen molar-refractivity contribution in [2.24, 2.45) is 0 Å². The minimum atomic E-state index is -0.857. The Kier molecular flexibility index (Phi) is 3.98. The molecule has 0 amide bonds. The molecule has 1 N–H and O–H groups in total. The van der Waals surface area contributed by atoms with Crippen molar-refractivity contribution in [1.29, 1.82) is 0 Å². The Labute approximate surface area is 188 Å². The highest BCUT2D eigenvalue weighted by molar-refractivity contribution is 6.02. The molecule has 0 atom stereocenters. The molecular formula is C30H24O2. The molecule has 0 saturated carbocycles. The summed E-state index contributed by atoms with van der Waals surface area (Å²) in [7, 11) is 0. The molecule has 0 unspecified atom stereocenters. The van der Waals surface area contributed by atoms with Crippen molar-refractivity contribution in [3.63, 3.8) is 0 Å². The first-order valence-electron chi connectivity index (χ1n) is 11.2. The van der Waals surface area contributed by atoms with Crippen LogP contribution in [0.25, 0.3) is 33.4 Å². The largest absolute Gasteiger partial charge is 0.478 e. The van der Waals surface area contributed by atoms with E-state index in [0.29, 0.717) is 5.56 Å². The third-order valence-electron chi connectivity index (χ3n) is 7.60. The maximum absolute atomic E-state index is 12.1. The van der Waals surface area contributed by atoms with Gasteiger partial charge in [-0.1, -0.05) is 54.6 Å². The van der Waals surface area contributed by atoms with E-state index in [1.54, 1.807) is 6.07 Å². The molecule has 0 heterocycles. The van der Waals surface area contributed by atoms with Crippen LogP contribution in [0.2, 0.25) is 0 Å². The van der Waals surface area contributed by atoms with E-state index >= 15 is 0 Å². The van der Waals surface area contributed by atoms with Gasteiger partial charge in [0, 0.05) is 5.56 Å². The summed E-state index contributed by atoms with van der Waals surface area (Å²) in [5, 5.41) is 9.90. The normalized spacial score (nSPS) is 12.8. The van der Waals surface area contributed by atoms with Crippen LogP contribution in [0.1, 0.15) is 49.3 Å². The van der Waals surface area contributed by atoms with Gasteiger partial charge >= 0.3 is 5.97 Å². The van der Waals surface area contributed by atoms with Crippen LogP contribution in [0, 0.1) is 20.8 Å². The van der Waals surface area contributed by atoms with Crippen LogP contribution in [-0.2, 0) is 12.8 Å². The van der Waals surface area contributed by atoms with Gasteiger partial charge < -0.3 is 5.11 Å². The summed E-state index contributed by atoms with van der Waals surface area (Å²) in [6, 6.07) is 21.0. The first kappa shape index (κ1) is 19.1.